The number of hydrogen-bond acceptors (Lipinski definition) is 3. The van der Waals surface area contributed by atoms with E-state index in [1.165, 1.54) is 6.07 Å². The van der Waals surface area contributed by atoms with Gasteiger partial charge in [0.15, 0.2) is 0 Å². The number of carbonyl (C=O) groups is 2. The van der Waals surface area contributed by atoms with E-state index in [0.29, 0.717) is 36.6 Å². The van der Waals surface area contributed by atoms with Crippen LogP contribution in [0.3, 0.4) is 0 Å². The molecule has 1 atom stereocenters. The maximum atomic E-state index is 14.1. The Balaban J connectivity index is 2.07. The zero-order valence-electron chi connectivity index (χ0n) is 16.4. The van der Waals surface area contributed by atoms with Crippen LogP contribution in [0.5, 0.6) is 0 Å². The van der Waals surface area contributed by atoms with E-state index < -0.39 is 17.5 Å². The van der Waals surface area contributed by atoms with Crippen molar-refractivity contribution in [1.29, 1.82) is 0 Å². The largest absolute Gasteiger partial charge is 0.444 e. The van der Waals surface area contributed by atoms with Crippen molar-refractivity contribution in [1.82, 2.24) is 9.80 Å². The fraction of sp³-hybridized carbons (Fsp3) is 0.600. The van der Waals surface area contributed by atoms with Gasteiger partial charge in [0.25, 0.3) is 0 Å². The second kappa shape index (κ2) is 8.91. The van der Waals surface area contributed by atoms with Gasteiger partial charge in [-0.1, -0.05) is 17.7 Å². The standard InChI is InChI=1S/C20H28ClFN2O3/c1-5-23(13-15-16(21)9-6-10-17(15)22)18(25)14-8-7-11-24(12-14)19(26)27-20(2,3)4/h6,9-10,14H,5,7-8,11-13H2,1-4H3/t14-/m1/s1. The molecule has 27 heavy (non-hydrogen) atoms. The lowest BCUT2D eigenvalue weighted by Gasteiger charge is -2.35. The van der Waals surface area contributed by atoms with Crippen molar-refractivity contribution in [3.05, 3.63) is 34.6 Å². The molecule has 1 aliphatic heterocycles. The third kappa shape index (κ3) is 5.83. The van der Waals surface area contributed by atoms with Crippen LogP contribution in [-0.4, -0.2) is 47.0 Å². The molecular weight excluding hydrogens is 371 g/mol. The van der Waals surface area contributed by atoms with Crippen molar-refractivity contribution in [2.24, 2.45) is 5.92 Å². The summed E-state index contributed by atoms with van der Waals surface area (Å²) in [5, 5.41) is 0.306. The van der Waals surface area contributed by atoms with Gasteiger partial charge in [-0.05, 0) is 52.7 Å². The molecule has 7 heteroatoms. The molecule has 0 aromatic heterocycles. The highest BCUT2D eigenvalue weighted by Gasteiger charge is 2.33. The van der Waals surface area contributed by atoms with Crippen LogP contribution in [0.15, 0.2) is 18.2 Å². The van der Waals surface area contributed by atoms with Gasteiger partial charge in [0, 0.05) is 36.8 Å². The van der Waals surface area contributed by atoms with Gasteiger partial charge < -0.3 is 14.5 Å². The van der Waals surface area contributed by atoms with Crippen molar-refractivity contribution < 1.29 is 18.7 Å². The molecule has 1 aromatic carbocycles. The van der Waals surface area contributed by atoms with Gasteiger partial charge in [0.2, 0.25) is 5.91 Å². The number of halogens is 2. The summed E-state index contributed by atoms with van der Waals surface area (Å²) in [5.41, 5.74) is -0.264. The number of carbonyl (C=O) groups excluding carboxylic acids is 2. The van der Waals surface area contributed by atoms with E-state index in [9.17, 15) is 14.0 Å². The molecule has 1 saturated heterocycles. The van der Waals surface area contributed by atoms with Gasteiger partial charge in [-0.25, -0.2) is 9.18 Å². The van der Waals surface area contributed by atoms with E-state index in [4.69, 9.17) is 16.3 Å². The molecule has 1 fully saturated rings. The molecule has 1 heterocycles. The summed E-state index contributed by atoms with van der Waals surface area (Å²) in [4.78, 5) is 28.5. The first-order valence-corrected chi connectivity index (χ1v) is 9.69. The Morgan fingerprint density at radius 1 is 1.37 bits per heavy atom. The van der Waals surface area contributed by atoms with E-state index in [1.54, 1.807) is 21.9 Å². The Morgan fingerprint density at radius 3 is 2.67 bits per heavy atom. The Labute approximate surface area is 165 Å². The predicted octanol–water partition coefficient (Wildman–Crippen LogP) is 4.47. The second-order valence-corrected chi connectivity index (χ2v) is 8.23. The van der Waals surface area contributed by atoms with E-state index >= 15 is 0 Å². The van der Waals surface area contributed by atoms with Crippen LogP contribution < -0.4 is 0 Å². The van der Waals surface area contributed by atoms with Crippen molar-refractivity contribution in [3.8, 4) is 0 Å². The van der Waals surface area contributed by atoms with E-state index in [1.807, 2.05) is 27.7 Å². The van der Waals surface area contributed by atoms with Crippen LogP contribution in [0.25, 0.3) is 0 Å². The lowest BCUT2D eigenvalue weighted by atomic mass is 9.96. The normalized spacial score (nSPS) is 17.6. The topological polar surface area (TPSA) is 49.9 Å². The maximum absolute atomic E-state index is 14.1. The highest BCUT2D eigenvalue weighted by molar-refractivity contribution is 6.31. The first-order valence-electron chi connectivity index (χ1n) is 9.32. The van der Waals surface area contributed by atoms with Crippen molar-refractivity contribution in [2.45, 2.75) is 52.7 Å². The van der Waals surface area contributed by atoms with Gasteiger partial charge >= 0.3 is 6.09 Å². The Bertz CT molecular complexity index is 670. The molecule has 1 aliphatic rings. The first kappa shape index (κ1) is 21.5. The highest BCUT2D eigenvalue weighted by atomic mass is 35.5. The zero-order valence-corrected chi connectivity index (χ0v) is 17.2. The molecule has 2 amide bonds. The van der Waals surface area contributed by atoms with Crippen LogP contribution in [-0.2, 0) is 16.1 Å². The van der Waals surface area contributed by atoms with Crippen LogP contribution in [0, 0.1) is 11.7 Å². The van der Waals surface area contributed by atoms with Gasteiger partial charge in [0.1, 0.15) is 11.4 Å². The molecule has 0 bridgehead atoms. The minimum Gasteiger partial charge on any atom is -0.444 e. The average Bonchev–Trinajstić information content (AvgIpc) is 2.60. The Morgan fingerprint density at radius 2 is 2.07 bits per heavy atom. The molecular formula is C20H28ClFN2O3. The van der Waals surface area contributed by atoms with E-state index in [-0.39, 0.29) is 18.4 Å². The third-order valence-electron chi connectivity index (χ3n) is 4.53. The Hall–Kier alpha value is -1.82. The predicted molar refractivity (Wildman–Crippen MR) is 103 cm³/mol. The van der Waals surface area contributed by atoms with Crippen molar-refractivity contribution in [3.63, 3.8) is 0 Å². The molecule has 0 N–H and O–H groups in total. The molecule has 150 valence electrons. The summed E-state index contributed by atoms with van der Waals surface area (Å²) in [6.07, 6.45) is 1.02. The third-order valence-corrected chi connectivity index (χ3v) is 4.88. The number of rotatable bonds is 4. The number of piperidine rings is 1. The quantitative estimate of drug-likeness (QED) is 0.751. The maximum Gasteiger partial charge on any atom is 0.410 e. The molecule has 0 unspecified atom stereocenters. The van der Waals surface area contributed by atoms with Gasteiger partial charge in [0.05, 0.1) is 5.92 Å². The van der Waals surface area contributed by atoms with E-state index in [0.717, 1.165) is 6.42 Å². The molecule has 0 saturated carbocycles. The van der Waals surface area contributed by atoms with Crippen molar-refractivity contribution >= 4 is 23.6 Å². The SMILES string of the molecule is CCN(Cc1c(F)cccc1Cl)C(=O)[C@@H]1CCCN(C(=O)OC(C)(C)C)C1. The molecule has 0 spiro atoms. The molecule has 0 radical (unpaired) electrons. The average molecular weight is 399 g/mol. The summed E-state index contributed by atoms with van der Waals surface area (Å²) in [7, 11) is 0. The lowest BCUT2D eigenvalue weighted by molar-refractivity contribution is -0.137. The minimum atomic E-state index is -0.578. The fourth-order valence-electron chi connectivity index (χ4n) is 3.15. The number of ether oxygens (including phenoxy) is 1. The summed E-state index contributed by atoms with van der Waals surface area (Å²) in [6.45, 7) is 8.73. The van der Waals surface area contributed by atoms with Gasteiger partial charge in [-0.2, -0.15) is 0 Å². The molecule has 0 aliphatic carbocycles. The van der Waals surface area contributed by atoms with Crippen molar-refractivity contribution in [2.75, 3.05) is 19.6 Å². The van der Waals surface area contributed by atoms with Gasteiger partial charge in [-0.3, -0.25) is 4.79 Å². The number of benzene rings is 1. The summed E-state index contributed by atoms with van der Waals surface area (Å²) in [6, 6.07) is 4.49. The fourth-order valence-corrected chi connectivity index (χ4v) is 3.37. The minimum absolute atomic E-state index is 0.0925. The van der Waals surface area contributed by atoms with Crippen LogP contribution in [0.4, 0.5) is 9.18 Å². The van der Waals surface area contributed by atoms with Crippen LogP contribution in [0.2, 0.25) is 5.02 Å². The number of amides is 2. The zero-order chi connectivity index (χ0) is 20.2. The lowest BCUT2D eigenvalue weighted by Crippen LogP contribution is -2.47. The monoisotopic (exact) mass is 398 g/mol. The molecule has 1 aromatic rings. The van der Waals surface area contributed by atoms with E-state index in [2.05, 4.69) is 0 Å². The number of hydrogen-bond donors (Lipinski definition) is 0. The van der Waals surface area contributed by atoms with Gasteiger partial charge in [-0.15, -0.1) is 0 Å². The summed E-state index contributed by atoms with van der Waals surface area (Å²) in [5.74, 6) is -0.838. The molecule has 2 rings (SSSR count). The van der Waals surface area contributed by atoms with Crippen LogP contribution >= 0.6 is 11.6 Å². The number of nitrogens with zero attached hydrogens (tertiary/aromatic N) is 2. The Kier molecular flexibility index (Phi) is 7.09. The molecule has 5 nitrogen and oxygen atoms in total. The smallest absolute Gasteiger partial charge is 0.410 e. The summed E-state index contributed by atoms with van der Waals surface area (Å²) < 4.78 is 19.5. The second-order valence-electron chi connectivity index (χ2n) is 7.82. The van der Waals surface area contributed by atoms with Crippen LogP contribution in [0.1, 0.15) is 46.1 Å². The first-order chi connectivity index (χ1) is 12.6. The highest BCUT2D eigenvalue weighted by Crippen LogP contribution is 2.25. The summed E-state index contributed by atoms with van der Waals surface area (Å²) >= 11 is 6.10. The number of likely N-dealkylation sites (tertiary alicyclic amines) is 1.